The molecule has 1 aromatic carbocycles. The van der Waals surface area contributed by atoms with Crippen molar-refractivity contribution in [3.05, 3.63) is 34.6 Å². The second kappa shape index (κ2) is 5.80. The van der Waals surface area contributed by atoms with Crippen molar-refractivity contribution >= 4 is 21.4 Å². The molecule has 17 heavy (non-hydrogen) atoms. The van der Waals surface area contributed by atoms with Crippen LogP contribution in [0.4, 0.5) is 4.39 Å². The fraction of sp³-hybridized carbons (Fsp3) is 0.455. The van der Waals surface area contributed by atoms with E-state index in [1.165, 1.54) is 6.07 Å². The van der Waals surface area contributed by atoms with Gasteiger partial charge in [0.25, 0.3) is 0 Å². The molecule has 0 spiro atoms. The Morgan fingerprint density at radius 2 is 2.12 bits per heavy atom. The summed E-state index contributed by atoms with van der Waals surface area (Å²) >= 11 is 5.66. The molecule has 6 heteroatoms. The lowest BCUT2D eigenvalue weighted by Gasteiger charge is -2.15. The SMILES string of the molecule is CNC(Cc1cccc(Cl)c1F)CS(C)(=O)=O. The molecule has 3 nitrogen and oxygen atoms in total. The van der Waals surface area contributed by atoms with Gasteiger partial charge in [0.2, 0.25) is 0 Å². The lowest BCUT2D eigenvalue weighted by molar-refractivity contribution is 0.549. The molecule has 0 aromatic heterocycles. The van der Waals surface area contributed by atoms with Crippen LogP contribution in [0.15, 0.2) is 18.2 Å². The number of benzene rings is 1. The summed E-state index contributed by atoms with van der Waals surface area (Å²) in [6, 6.07) is 4.39. The van der Waals surface area contributed by atoms with Gasteiger partial charge in [-0.1, -0.05) is 23.7 Å². The van der Waals surface area contributed by atoms with Crippen LogP contribution in [-0.2, 0) is 16.3 Å². The highest BCUT2D eigenvalue weighted by Crippen LogP contribution is 2.19. The van der Waals surface area contributed by atoms with Gasteiger partial charge in [0.15, 0.2) is 0 Å². The van der Waals surface area contributed by atoms with Gasteiger partial charge in [0, 0.05) is 12.3 Å². The lowest BCUT2D eigenvalue weighted by atomic mass is 10.1. The van der Waals surface area contributed by atoms with Gasteiger partial charge >= 0.3 is 0 Å². The molecule has 0 saturated carbocycles. The van der Waals surface area contributed by atoms with Crippen LogP contribution in [-0.4, -0.2) is 33.5 Å². The van der Waals surface area contributed by atoms with Crippen molar-refractivity contribution in [1.29, 1.82) is 0 Å². The van der Waals surface area contributed by atoms with Crippen LogP contribution in [0.25, 0.3) is 0 Å². The lowest BCUT2D eigenvalue weighted by Crippen LogP contribution is -2.34. The fourth-order valence-electron chi connectivity index (χ4n) is 1.58. The molecule has 1 unspecified atom stereocenters. The third-order valence-corrected chi connectivity index (χ3v) is 3.71. The minimum Gasteiger partial charge on any atom is -0.316 e. The van der Waals surface area contributed by atoms with Crippen LogP contribution in [0.3, 0.4) is 0 Å². The minimum atomic E-state index is -3.10. The molecule has 0 aliphatic heterocycles. The molecule has 1 atom stereocenters. The number of halogens is 2. The Morgan fingerprint density at radius 1 is 1.47 bits per heavy atom. The summed E-state index contributed by atoms with van der Waals surface area (Å²) in [4.78, 5) is 0. The molecule has 0 amide bonds. The van der Waals surface area contributed by atoms with E-state index in [0.29, 0.717) is 5.56 Å². The number of hydrogen-bond donors (Lipinski definition) is 1. The molecule has 0 aliphatic rings. The predicted molar refractivity (Wildman–Crippen MR) is 67.7 cm³/mol. The Bertz CT molecular complexity index is 490. The molecular weight excluding hydrogens is 265 g/mol. The summed E-state index contributed by atoms with van der Waals surface area (Å²) in [5.74, 6) is -0.516. The van der Waals surface area contributed by atoms with Gasteiger partial charge < -0.3 is 5.32 Å². The Labute approximate surface area is 106 Å². The summed E-state index contributed by atoms with van der Waals surface area (Å²) in [7, 11) is -1.45. The second-order valence-corrected chi connectivity index (χ2v) is 6.59. The van der Waals surface area contributed by atoms with E-state index >= 15 is 0 Å². The van der Waals surface area contributed by atoms with Crippen LogP contribution in [0.5, 0.6) is 0 Å². The smallest absolute Gasteiger partial charge is 0.148 e. The highest BCUT2D eigenvalue weighted by atomic mass is 35.5. The fourth-order valence-corrected chi connectivity index (χ4v) is 2.79. The van der Waals surface area contributed by atoms with Gasteiger partial charge in [-0.2, -0.15) is 0 Å². The van der Waals surface area contributed by atoms with Gasteiger partial charge in [0.1, 0.15) is 15.7 Å². The molecule has 0 heterocycles. The third kappa shape index (κ3) is 4.61. The van der Waals surface area contributed by atoms with E-state index in [9.17, 15) is 12.8 Å². The van der Waals surface area contributed by atoms with Crippen molar-refractivity contribution in [2.45, 2.75) is 12.5 Å². The van der Waals surface area contributed by atoms with E-state index in [0.717, 1.165) is 6.26 Å². The Balaban J connectivity index is 2.85. The van der Waals surface area contributed by atoms with E-state index < -0.39 is 15.7 Å². The van der Waals surface area contributed by atoms with Crippen LogP contribution in [0, 0.1) is 5.82 Å². The first-order valence-electron chi connectivity index (χ1n) is 5.11. The highest BCUT2D eigenvalue weighted by molar-refractivity contribution is 7.90. The molecule has 0 bridgehead atoms. The summed E-state index contributed by atoms with van der Waals surface area (Å²) in [6.07, 6.45) is 1.45. The first-order chi connectivity index (χ1) is 7.83. The zero-order chi connectivity index (χ0) is 13.1. The predicted octanol–water partition coefficient (Wildman–Crippen LogP) is 1.65. The normalized spacial score (nSPS) is 13.6. The molecule has 0 saturated heterocycles. The molecule has 0 radical (unpaired) electrons. The van der Waals surface area contributed by atoms with Crippen molar-refractivity contribution < 1.29 is 12.8 Å². The molecular formula is C11H15ClFNO2S. The number of sulfone groups is 1. The number of rotatable bonds is 5. The number of likely N-dealkylation sites (N-methyl/N-ethyl adjacent to an activating group) is 1. The minimum absolute atomic E-state index is 0.0323. The molecule has 1 aromatic rings. The van der Waals surface area contributed by atoms with E-state index in [2.05, 4.69) is 5.32 Å². The van der Waals surface area contributed by atoms with Crippen LogP contribution >= 0.6 is 11.6 Å². The first kappa shape index (κ1) is 14.4. The van der Waals surface area contributed by atoms with Gasteiger partial charge in [-0.25, -0.2) is 12.8 Å². The molecule has 0 fully saturated rings. The number of nitrogens with one attached hydrogen (secondary N) is 1. The third-order valence-electron chi connectivity index (χ3n) is 2.41. The summed E-state index contributed by atoms with van der Waals surface area (Å²) in [5.41, 5.74) is 0.417. The Kier molecular flexibility index (Phi) is 4.91. The standard InChI is InChI=1S/C11H15ClFNO2S/c1-14-9(7-17(2,15)16)6-8-4-3-5-10(12)11(8)13/h3-5,9,14H,6-7H2,1-2H3. The average Bonchev–Trinajstić information content (AvgIpc) is 2.21. The molecule has 1 N–H and O–H groups in total. The zero-order valence-corrected chi connectivity index (χ0v) is 11.3. The average molecular weight is 280 g/mol. The summed E-state index contributed by atoms with van der Waals surface area (Å²) < 4.78 is 36.0. The van der Waals surface area contributed by atoms with Crippen molar-refractivity contribution in [2.75, 3.05) is 19.1 Å². The van der Waals surface area contributed by atoms with Crippen molar-refractivity contribution in [1.82, 2.24) is 5.32 Å². The molecule has 1 rings (SSSR count). The van der Waals surface area contributed by atoms with Crippen molar-refractivity contribution in [2.24, 2.45) is 0 Å². The van der Waals surface area contributed by atoms with Crippen LogP contribution in [0.1, 0.15) is 5.56 Å². The maximum Gasteiger partial charge on any atom is 0.148 e. The summed E-state index contributed by atoms with van der Waals surface area (Å²) in [5, 5.41) is 2.92. The van der Waals surface area contributed by atoms with E-state index in [-0.39, 0.29) is 23.2 Å². The van der Waals surface area contributed by atoms with E-state index in [1.54, 1.807) is 19.2 Å². The van der Waals surface area contributed by atoms with E-state index in [4.69, 9.17) is 11.6 Å². The Hall–Kier alpha value is -0.650. The second-order valence-electron chi connectivity index (χ2n) is 4.00. The van der Waals surface area contributed by atoms with Crippen molar-refractivity contribution in [3.63, 3.8) is 0 Å². The van der Waals surface area contributed by atoms with Crippen LogP contribution < -0.4 is 5.32 Å². The van der Waals surface area contributed by atoms with Gasteiger partial charge in [-0.3, -0.25) is 0 Å². The molecule has 0 aliphatic carbocycles. The maximum absolute atomic E-state index is 13.6. The van der Waals surface area contributed by atoms with Gasteiger partial charge in [-0.15, -0.1) is 0 Å². The largest absolute Gasteiger partial charge is 0.316 e. The Morgan fingerprint density at radius 3 is 2.65 bits per heavy atom. The molecule has 96 valence electrons. The van der Waals surface area contributed by atoms with Crippen molar-refractivity contribution in [3.8, 4) is 0 Å². The maximum atomic E-state index is 13.6. The number of hydrogen-bond acceptors (Lipinski definition) is 3. The first-order valence-corrected chi connectivity index (χ1v) is 7.55. The van der Waals surface area contributed by atoms with Gasteiger partial charge in [-0.05, 0) is 25.1 Å². The summed E-state index contributed by atoms with van der Waals surface area (Å²) in [6.45, 7) is 0. The zero-order valence-electron chi connectivity index (χ0n) is 9.70. The van der Waals surface area contributed by atoms with E-state index in [1.807, 2.05) is 0 Å². The highest BCUT2D eigenvalue weighted by Gasteiger charge is 2.16. The van der Waals surface area contributed by atoms with Crippen LogP contribution in [0.2, 0.25) is 5.02 Å². The quantitative estimate of drug-likeness (QED) is 0.892. The monoisotopic (exact) mass is 279 g/mol. The van der Waals surface area contributed by atoms with Gasteiger partial charge in [0.05, 0.1) is 10.8 Å². The topological polar surface area (TPSA) is 46.2 Å².